The molecule has 0 aromatic heterocycles. The van der Waals surface area contributed by atoms with E-state index in [1.807, 2.05) is 0 Å². The van der Waals surface area contributed by atoms with E-state index in [9.17, 15) is 13.9 Å². The Balaban J connectivity index is 2.17. The monoisotopic (exact) mass is 228 g/mol. The van der Waals surface area contributed by atoms with E-state index >= 15 is 0 Å². The number of alkyl halides is 2. The Morgan fingerprint density at radius 1 is 1.25 bits per heavy atom. The maximum absolute atomic E-state index is 12.2. The normalized spacial score (nSPS) is 18.2. The first-order chi connectivity index (χ1) is 7.68. The van der Waals surface area contributed by atoms with E-state index in [1.165, 1.54) is 6.07 Å². The number of aliphatic hydroxyl groups excluding tert-OH is 1. The van der Waals surface area contributed by atoms with Gasteiger partial charge in [-0.3, -0.25) is 0 Å². The van der Waals surface area contributed by atoms with Crippen LogP contribution in [0.5, 0.6) is 5.75 Å². The van der Waals surface area contributed by atoms with Crippen molar-refractivity contribution >= 4 is 0 Å². The Bertz CT molecular complexity index is 351. The molecule has 0 bridgehead atoms. The van der Waals surface area contributed by atoms with Crippen LogP contribution < -0.4 is 4.74 Å². The number of ether oxygens (including phenoxy) is 1. The molecule has 1 saturated carbocycles. The number of hydrogen-bond acceptors (Lipinski definition) is 2. The molecule has 1 atom stereocenters. The lowest BCUT2D eigenvalue weighted by atomic mass is 9.78. The van der Waals surface area contributed by atoms with Gasteiger partial charge in [-0.1, -0.05) is 24.6 Å². The molecule has 0 amide bonds. The standard InChI is InChI=1S/C12H14F2O2/c13-12(14)16-10-7-2-1-6-9(10)11(15)8-4-3-5-8/h1-2,6-8,11-12,15H,3-5H2. The highest BCUT2D eigenvalue weighted by molar-refractivity contribution is 5.35. The van der Waals surface area contributed by atoms with Crippen molar-refractivity contribution in [2.24, 2.45) is 5.92 Å². The highest BCUT2D eigenvalue weighted by Gasteiger charge is 2.29. The molecule has 0 saturated heterocycles. The molecule has 1 aliphatic rings. The molecule has 0 aliphatic heterocycles. The minimum atomic E-state index is -2.85. The minimum Gasteiger partial charge on any atom is -0.434 e. The minimum absolute atomic E-state index is 0.0805. The first-order valence-corrected chi connectivity index (χ1v) is 5.40. The van der Waals surface area contributed by atoms with Gasteiger partial charge in [0.1, 0.15) is 5.75 Å². The van der Waals surface area contributed by atoms with E-state index in [4.69, 9.17) is 0 Å². The van der Waals surface area contributed by atoms with Crippen molar-refractivity contribution < 1.29 is 18.6 Å². The van der Waals surface area contributed by atoms with Crippen LogP contribution in [0.25, 0.3) is 0 Å². The molecule has 2 nitrogen and oxygen atoms in total. The second kappa shape index (κ2) is 4.78. The van der Waals surface area contributed by atoms with Crippen molar-refractivity contribution in [2.45, 2.75) is 32.0 Å². The summed E-state index contributed by atoms with van der Waals surface area (Å²) in [6, 6.07) is 6.44. The zero-order chi connectivity index (χ0) is 11.5. The van der Waals surface area contributed by atoms with Crippen molar-refractivity contribution in [1.82, 2.24) is 0 Å². The van der Waals surface area contributed by atoms with Crippen LogP contribution in [-0.4, -0.2) is 11.7 Å². The van der Waals surface area contributed by atoms with Crippen LogP contribution in [-0.2, 0) is 0 Å². The van der Waals surface area contributed by atoms with Crippen LogP contribution in [0.4, 0.5) is 8.78 Å². The van der Waals surface area contributed by atoms with E-state index < -0.39 is 12.7 Å². The lowest BCUT2D eigenvalue weighted by Gasteiger charge is -2.31. The molecule has 1 fully saturated rings. The number of hydrogen-bond donors (Lipinski definition) is 1. The molecular formula is C12H14F2O2. The molecule has 0 radical (unpaired) electrons. The number of aliphatic hydroxyl groups is 1. The molecule has 1 aromatic carbocycles. The van der Waals surface area contributed by atoms with Gasteiger partial charge in [0.05, 0.1) is 6.10 Å². The van der Waals surface area contributed by atoms with Gasteiger partial charge >= 0.3 is 6.61 Å². The van der Waals surface area contributed by atoms with Crippen LogP contribution in [0.2, 0.25) is 0 Å². The molecule has 2 rings (SSSR count). The molecule has 1 aliphatic carbocycles. The summed E-state index contributed by atoms with van der Waals surface area (Å²) in [4.78, 5) is 0. The van der Waals surface area contributed by atoms with Gasteiger partial charge in [-0.25, -0.2) is 0 Å². The van der Waals surface area contributed by atoms with Crippen molar-refractivity contribution in [3.63, 3.8) is 0 Å². The Kier molecular flexibility index (Phi) is 3.39. The van der Waals surface area contributed by atoms with E-state index in [0.29, 0.717) is 5.56 Å². The zero-order valence-corrected chi connectivity index (χ0v) is 8.77. The van der Waals surface area contributed by atoms with Gasteiger partial charge in [-0.05, 0) is 24.8 Å². The summed E-state index contributed by atoms with van der Waals surface area (Å²) in [6.07, 6.45) is 2.30. The third-order valence-corrected chi connectivity index (χ3v) is 3.05. The summed E-state index contributed by atoms with van der Waals surface area (Å²) < 4.78 is 28.7. The Labute approximate surface area is 92.9 Å². The fraction of sp³-hybridized carbons (Fsp3) is 0.500. The molecule has 16 heavy (non-hydrogen) atoms. The number of benzene rings is 1. The second-order valence-electron chi connectivity index (χ2n) is 4.05. The molecule has 1 unspecified atom stereocenters. The van der Waals surface area contributed by atoms with Gasteiger partial charge in [0, 0.05) is 5.56 Å². The van der Waals surface area contributed by atoms with E-state index in [-0.39, 0.29) is 11.7 Å². The van der Waals surface area contributed by atoms with Gasteiger partial charge < -0.3 is 9.84 Å². The Hall–Kier alpha value is -1.16. The summed E-state index contributed by atoms with van der Waals surface area (Å²) in [6.45, 7) is -2.85. The molecule has 1 N–H and O–H groups in total. The molecule has 1 aromatic rings. The van der Waals surface area contributed by atoms with E-state index in [0.717, 1.165) is 19.3 Å². The molecule has 4 heteroatoms. The largest absolute Gasteiger partial charge is 0.434 e. The quantitative estimate of drug-likeness (QED) is 0.857. The van der Waals surface area contributed by atoms with Crippen molar-refractivity contribution in [3.8, 4) is 5.75 Å². The Morgan fingerprint density at radius 2 is 1.94 bits per heavy atom. The predicted octanol–water partition coefficient (Wildman–Crippen LogP) is 3.12. The smallest absolute Gasteiger partial charge is 0.387 e. The summed E-state index contributed by atoms with van der Waals surface area (Å²) in [5.41, 5.74) is 0.465. The first-order valence-electron chi connectivity index (χ1n) is 5.40. The van der Waals surface area contributed by atoms with Gasteiger partial charge in [-0.2, -0.15) is 8.78 Å². The number of halogens is 2. The fourth-order valence-electron chi connectivity index (χ4n) is 1.94. The number of para-hydroxylation sites is 1. The average molecular weight is 228 g/mol. The summed E-state index contributed by atoms with van der Waals surface area (Å²) in [5.74, 6) is 0.263. The van der Waals surface area contributed by atoms with Crippen molar-refractivity contribution in [1.29, 1.82) is 0 Å². The third kappa shape index (κ3) is 2.32. The van der Waals surface area contributed by atoms with Crippen LogP contribution in [0.3, 0.4) is 0 Å². The van der Waals surface area contributed by atoms with Crippen LogP contribution in [0, 0.1) is 5.92 Å². The molecule has 0 spiro atoms. The van der Waals surface area contributed by atoms with E-state index in [1.54, 1.807) is 18.2 Å². The van der Waals surface area contributed by atoms with Crippen LogP contribution in [0.1, 0.15) is 30.9 Å². The summed E-state index contributed by atoms with van der Waals surface area (Å²) in [5, 5.41) is 10.0. The molecule has 0 heterocycles. The lowest BCUT2D eigenvalue weighted by molar-refractivity contribution is -0.0528. The molecular weight excluding hydrogens is 214 g/mol. The summed E-state index contributed by atoms with van der Waals surface area (Å²) in [7, 11) is 0. The van der Waals surface area contributed by atoms with Crippen molar-refractivity contribution in [3.05, 3.63) is 29.8 Å². The van der Waals surface area contributed by atoms with Crippen molar-refractivity contribution in [2.75, 3.05) is 0 Å². The maximum Gasteiger partial charge on any atom is 0.387 e. The van der Waals surface area contributed by atoms with Crippen LogP contribution >= 0.6 is 0 Å². The van der Waals surface area contributed by atoms with Gasteiger partial charge in [0.2, 0.25) is 0 Å². The number of rotatable bonds is 4. The second-order valence-corrected chi connectivity index (χ2v) is 4.05. The lowest BCUT2D eigenvalue weighted by Crippen LogP contribution is -2.21. The average Bonchev–Trinajstić information content (AvgIpc) is 2.14. The zero-order valence-electron chi connectivity index (χ0n) is 8.77. The SMILES string of the molecule is OC(c1ccccc1OC(F)F)C1CCC1. The highest BCUT2D eigenvalue weighted by Crippen LogP contribution is 2.40. The maximum atomic E-state index is 12.2. The summed E-state index contributed by atoms with van der Waals surface area (Å²) >= 11 is 0. The van der Waals surface area contributed by atoms with Gasteiger partial charge in [0.15, 0.2) is 0 Å². The highest BCUT2D eigenvalue weighted by atomic mass is 19.3. The Morgan fingerprint density at radius 3 is 2.50 bits per heavy atom. The van der Waals surface area contributed by atoms with Gasteiger partial charge in [-0.15, -0.1) is 0 Å². The fourth-order valence-corrected chi connectivity index (χ4v) is 1.94. The molecule has 88 valence electrons. The van der Waals surface area contributed by atoms with Gasteiger partial charge in [0.25, 0.3) is 0 Å². The van der Waals surface area contributed by atoms with Crippen LogP contribution in [0.15, 0.2) is 24.3 Å². The predicted molar refractivity (Wildman–Crippen MR) is 55.4 cm³/mol. The first kappa shape index (κ1) is 11.3. The van der Waals surface area contributed by atoms with E-state index in [2.05, 4.69) is 4.74 Å². The third-order valence-electron chi connectivity index (χ3n) is 3.05. The topological polar surface area (TPSA) is 29.5 Å².